The zero-order valence-electron chi connectivity index (χ0n) is 17.5. The molecular weight excluding hydrogens is 393 g/mol. The van der Waals surface area contributed by atoms with E-state index in [1.807, 2.05) is 13.2 Å². The van der Waals surface area contributed by atoms with Gasteiger partial charge in [-0.3, -0.25) is 0 Å². The van der Waals surface area contributed by atoms with E-state index in [1.54, 1.807) is 0 Å². The first-order valence-corrected chi connectivity index (χ1v) is 9.67. The molecule has 2 unspecified atom stereocenters. The summed E-state index contributed by atoms with van der Waals surface area (Å²) in [6, 6.07) is 5.44. The molecule has 0 aliphatic heterocycles. The number of unbranched alkanes of at least 4 members (excludes halogenated alkanes) is 2. The van der Waals surface area contributed by atoms with Crippen LogP contribution in [0, 0.1) is 31.8 Å². The van der Waals surface area contributed by atoms with Crippen LogP contribution in [-0.2, 0) is 43.9 Å². The van der Waals surface area contributed by atoms with Crippen molar-refractivity contribution in [2.24, 2.45) is 0 Å². The van der Waals surface area contributed by atoms with Gasteiger partial charge in [0.1, 0.15) is 0 Å². The minimum atomic E-state index is 0. The van der Waals surface area contributed by atoms with Gasteiger partial charge in [0.05, 0.1) is 6.10 Å². The van der Waals surface area contributed by atoms with Gasteiger partial charge in [0.2, 0.25) is 0 Å². The van der Waals surface area contributed by atoms with Crippen molar-refractivity contribution in [1.29, 1.82) is 0 Å². The first-order valence-electron chi connectivity index (χ1n) is 9.67. The second kappa shape index (κ2) is 14.6. The van der Waals surface area contributed by atoms with Gasteiger partial charge in [-0.25, -0.2) is 0 Å². The Labute approximate surface area is 187 Å². The minimum absolute atomic E-state index is 0. The van der Waals surface area contributed by atoms with Crippen molar-refractivity contribution in [2.75, 3.05) is 7.11 Å². The molecule has 0 fully saturated rings. The van der Waals surface area contributed by atoms with Crippen molar-refractivity contribution in [2.45, 2.75) is 84.7 Å². The second-order valence-corrected chi connectivity index (χ2v) is 6.92. The van der Waals surface area contributed by atoms with Gasteiger partial charge in [-0.15, -0.1) is 23.6 Å². The molecule has 0 heterocycles. The summed E-state index contributed by atoms with van der Waals surface area (Å²) in [6.07, 6.45) is 10.1. The molecule has 0 bridgehead atoms. The molecule has 1 rings (SSSR count). The van der Waals surface area contributed by atoms with Gasteiger partial charge in [-0.2, -0.15) is 23.3 Å². The van der Waals surface area contributed by atoms with Crippen LogP contribution in [0.4, 0.5) is 0 Å². The summed E-state index contributed by atoms with van der Waals surface area (Å²) in [5.41, 5.74) is 5.18. The van der Waals surface area contributed by atoms with Crippen LogP contribution in [0.1, 0.15) is 80.5 Å². The molecule has 1 aromatic rings. The Morgan fingerprint density at radius 2 is 2.00 bits per heavy atom. The van der Waals surface area contributed by atoms with Crippen LogP contribution in [0.2, 0.25) is 0 Å². The molecule has 2 heteroatoms. The van der Waals surface area contributed by atoms with E-state index in [9.17, 15) is 0 Å². The van der Waals surface area contributed by atoms with Gasteiger partial charge >= 0.3 is 0 Å². The van der Waals surface area contributed by atoms with E-state index < -0.39 is 0 Å². The Kier molecular flexibility index (Phi) is 14.4. The molecule has 0 saturated heterocycles. The zero-order valence-corrected chi connectivity index (χ0v) is 20.3. The van der Waals surface area contributed by atoms with Gasteiger partial charge in [-0.1, -0.05) is 58.5 Å². The van der Waals surface area contributed by atoms with Crippen molar-refractivity contribution in [3.8, 4) is 11.8 Å². The van der Waals surface area contributed by atoms with E-state index in [2.05, 4.69) is 58.2 Å². The molecule has 2 atom stereocenters. The number of allylic oxidation sites excluding steroid dienone is 1. The Morgan fingerprint density at radius 3 is 2.62 bits per heavy atom. The molecule has 0 aliphatic carbocycles. The van der Waals surface area contributed by atoms with Gasteiger partial charge in [0.15, 0.2) is 0 Å². The fraction of sp³-hybridized carbons (Fsp3) is 0.583. The minimum Gasteiger partial charge on any atom is -0.381 e. The summed E-state index contributed by atoms with van der Waals surface area (Å²) in [5, 5.41) is 0. The van der Waals surface area contributed by atoms with Gasteiger partial charge in [0, 0.05) is 52.2 Å². The van der Waals surface area contributed by atoms with E-state index in [0.29, 0.717) is 6.10 Å². The molecule has 1 aromatic carbocycles. The van der Waals surface area contributed by atoms with E-state index in [1.165, 1.54) is 41.5 Å². The SMILES string of the molecule is C=CCc1c(C)[c-]cc(C)c1C(C)C#CCCC(CCCCC)OC.[Y]. The fourth-order valence-electron chi connectivity index (χ4n) is 3.36. The summed E-state index contributed by atoms with van der Waals surface area (Å²) < 4.78 is 5.59. The number of hydrogen-bond donors (Lipinski definition) is 0. The van der Waals surface area contributed by atoms with Gasteiger partial charge < -0.3 is 4.74 Å². The molecular formula is C24H35OY-. The van der Waals surface area contributed by atoms with Crippen LogP contribution >= 0.6 is 0 Å². The van der Waals surface area contributed by atoms with Crippen LogP contribution in [-0.4, -0.2) is 13.2 Å². The van der Waals surface area contributed by atoms with Gasteiger partial charge in [0.25, 0.3) is 0 Å². The fourth-order valence-corrected chi connectivity index (χ4v) is 3.36. The summed E-state index contributed by atoms with van der Waals surface area (Å²) >= 11 is 0. The van der Waals surface area contributed by atoms with Crippen molar-refractivity contribution in [3.63, 3.8) is 0 Å². The third-order valence-corrected chi connectivity index (χ3v) is 4.86. The third-order valence-electron chi connectivity index (χ3n) is 4.86. The molecule has 1 radical (unpaired) electrons. The predicted octanol–water partition coefficient (Wildman–Crippen LogP) is 6.31. The maximum Gasteiger partial charge on any atom is 0.0580 e. The maximum absolute atomic E-state index is 5.59. The maximum atomic E-state index is 5.59. The number of benzene rings is 1. The zero-order chi connectivity index (χ0) is 18.7. The largest absolute Gasteiger partial charge is 0.381 e. The molecule has 0 amide bonds. The van der Waals surface area contributed by atoms with Crippen LogP contribution in [0.15, 0.2) is 18.7 Å². The molecule has 0 N–H and O–H groups in total. The molecule has 0 spiro atoms. The number of methoxy groups -OCH3 is 1. The number of rotatable bonds is 10. The average Bonchev–Trinajstić information content (AvgIpc) is 2.60. The first kappa shape index (κ1) is 25.6. The molecule has 1 nitrogen and oxygen atoms in total. The van der Waals surface area contributed by atoms with E-state index in [4.69, 9.17) is 4.74 Å². The van der Waals surface area contributed by atoms with E-state index >= 15 is 0 Å². The van der Waals surface area contributed by atoms with Crippen molar-refractivity contribution < 1.29 is 37.4 Å². The topological polar surface area (TPSA) is 9.23 Å². The normalized spacial score (nSPS) is 12.5. The van der Waals surface area contributed by atoms with Crippen LogP contribution in [0.5, 0.6) is 0 Å². The Morgan fingerprint density at radius 1 is 1.27 bits per heavy atom. The second-order valence-electron chi connectivity index (χ2n) is 6.92. The third kappa shape index (κ3) is 8.52. The average molecular weight is 428 g/mol. The standard InChI is InChI=1S/C24H35O.Y/c1-7-9-10-15-22(25-6)16-12-11-14-20(4)24-21(5)18-17-19(3)23(24)13-8-2;/h8,18,20,22H,2,7,9-10,12-13,15-16H2,1,3-6H3;/q-1;. The molecule has 26 heavy (non-hydrogen) atoms. The number of ether oxygens (including phenoxy) is 1. The molecule has 141 valence electrons. The number of aryl methyl sites for hydroxylation is 2. The van der Waals surface area contributed by atoms with Crippen LogP contribution in [0.3, 0.4) is 0 Å². The van der Waals surface area contributed by atoms with Crippen molar-refractivity contribution >= 4 is 0 Å². The van der Waals surface area contributed by atoms with E-state index in [-0.39, 0.29) is 38.6 Å². The molecule has 0 aliphatic rings. The molecule has 0 aromatic heterocycles. The summed E-state index contributed by atoms with van der Waals surface area (Å²) in [7, 11) is 1.82. The van der Waals surface area contributed by atoms with Crippen LogP contribution < -0.4 is 0 Å². The molecule has 0 saturated carbocycles. The Balaban J connectivity index is 0.00000625. The number of hydrogen-bond acceptors (Lipinski definition) is 1. The smallest absolute Gasteiger partial charge is 0.0580 e. The van der Waals surface area contributed by atoms with Crippen molar-refractivity contribution in [1.82, 2.24) is 0 Å². The summed E-state index contributed by atoms with van der Waals surface area (Å²) in [6.45, 7) is 12.6. The Hall–Kier alpha value is -0.416. The summed E-state index contributed by atoms with van der Waals surface area (Å²) in [4.78, 5) is 0. The quantitative estimate of drug-likeness (QED) is 0.184. The van der Waals surface area contributed by atoms with Crippen LogP contribution in [0.25, 0.3) is 0 Å². The van der Waals surface area contributed by atoms with E-state index in [0.717, 1.165) is 25.7 Å². The summed E-state index contributed by atoms with van der Waals surface area (Å²) in [5.74, 6) is 7.09. The first-order chi connectivity index (χ1) is 12.0. The van der Waals surface area contributed by atoms with Crippen molar-refractivity contribution in [3.05, 3.63) is 47.0 Å². The predicted molar refractivity (Wildman–Crippen MR) is 109 cm³/mol. The Bertz CT molecular complexity index is 594. The monoisotopic (exact) mass is 428 g/mol. The van der Waals surface area contributed by atoms with Gasteiger partial charge in [-0.05, 0) is 19.8 Å².